The number of amides is 1. The van der Waals surface area contributed by atoms with Gasteiger partial charge < -0.3 is 14.6 Å². The van der Waals surface area contributed by atoms with E-state index in [2.05, 4.69) is 31.4 Å². The smallest absolute Gasteiger partial charge is 0.234 e. The predicted octanol–water partition coefficient (Wildman–Crippen LogP) is 6.33. The Morgan fingerprint density at radius 1 is 1.17 bits per heavy atom. The van der Waals surface area contributed by atoms with Crippen molar-refractivity contribution in [3.8, 4) is 5.75 Å². The second-order valence-corrected chi connectivity index (χ2v) is 9.08. The molecule has 0 saturated carbocycles. The summed E-state index contributed by atoms with van der Waals surface area (Å²) in [5.74, 6) is 1.05. The van der Waals surface area contributed by atoms with Crippen LogP contribution in [0.2, 0.25) is 15.1 Å². The first-order valence-electron chi connectivity index (χ1n) is 8.75. The molecule has 0 radical (unpaired) electrons. The van der Waals surface area contributed by atoms with Crippen LogP contribution in [0.15, 0.2) is 46.0 Å². The maximum Gasteiger partial charge on any atom is 0.234 e. The van der Waals surface area contributed by atoms with Gasteiger partial charge in [0.15, 0.2) is 11.0 Å². The van der Waals surface area contributed by atoms with Crippen molar-refractivity contribution >= 4 is 74.1 Å². The van der Waals surface area contributed by atoms with Crippen molar-refractivity contribution in [2.45, 2.75) is 25.2 Å². The van der Waals surface area contributed by atoms with E-state index >= 15 is 0 Å². The van der Waals surface area contributed by atoms with Gasteiger partial charge in [-0.05, 0) is 37.3 Å². The normalized spacial score (nSPS) is 10.8. The standard InChI is InChI=1S/C19H16BrCl3N4O2S/c1-2-27-17(9-29-16-8-12(21)4-5-13(16)22)25-26-19(27)30-10-18(28)24-15-6-3-11(20)7-14(15)23/h3-8H,2,9-10H2,1H3,(H,24,28). The van der Waals surface area contributed by atoms with Crippen LogP contribution in [0.1, 0.15) is 12.7 Å². The number of carbonyl (C=O) groups is 1. The minimum Gasteiger partial charge on any atom is -0.484 e. The van der Waals surface area contributed by atoms with Crippen LogP contribution in [0, 0.1) is 0 Å². The Hall–Kier alpha value is -1.45. The van der Waals surface area contributed by atoms with Crippen molar-refractivity contribution in [2.75, 3.05) is 11.1 Å². The number of carbonyl (C=O) groups excluding carboxylic acids is 1. The highest BCUT2D eigenvalue weighted by Crippen LogP contribution is 2.29. The molecule has 0 fully saturated rings. The Morgan fingerprint density at radius 3 is 2.70 bits per heavy atom. The quantitative estimate of drug-likeness (QED) is 0.332. The summed E-state index contributed by atoms with van der Waals surface area (Å²) < 4.78 is 8.46. The third-order valence-electron chi connectivity index (χ3n) is 3.90. The number of benzene rings is 2. The summed E-state index contributed by atoms with van der Waals surface area (Å²) in [4.78, 5) is 12.3. The Labute approximate surface area is 201 Å². The van der Waals surface area contributed by atoms with Crippen LogP contribution >= 0.6 is 62.5 Å². The molecule has 0 bridgehead atoms. The molecule has 0 atom stereocenters. The van der Waals surface area contributed by atoms with Gasteiger partial charge in [0.05, 0.1) is 21.5 Å². The van der Waals surface area contributed by atoms with E-state index in [0.29, 0.717) is 44.0 Å². The second kappa shape index (κ2) is 10.7. The topological polar surface area (TPSA) is 69.0 Å². The summed E-state index contributed by atoms with van der Waals surface area (Å²) in [5.41, 5.74) is 0.551. The Bertz CT molecular complexity index is 1060. The van der Waals surface area contributed by atoms with Crippen LogP contribution in [-0.4, -0.2) is 26.4 Å². The van der Waals surface area contributed by atoms with E-state index in [0.717, 1.165) is 4.47 Å². The van der Waals surface area contributed by atoms with Crippen LogP contribution in [0.5, 0.6) is 5.75 Å². The fourth-order valence-electron chi connectivity index (χ4n) is 2.49. The molecule has 6 nitrogen and oxygen atoms in total. The average molecular weight is 551 g/mol. The molecule has 3 rings (SSSR count). The summed E-state index contributed by atoms with van der Waals surface area (Å²) in [6.45, 7) is 2.75. The minimum absolute atomic E-state index is 0.158. The van der Waals surface area contributed by atoms with Crippen LogP contribution in [0.25, 0.3) is 0 Å². The van der Waals surface area contributed by atoms with E-state index in [9.17, 15) is 4.79 Å². The molecule has 11 heteroatoms. The van der Waals surface area contributed by atoms with Gasteiger partial charge in [-0.15, -0.1) is 10.2 Å². The number of rotatable bonds is 8. The minimum atomic E-state index is -0.196. The zero-order valence-electron chi connectivity index (χ0n) is 15.7. The Morgan fingerprint density at radius 2 is 1.97 bits per heavy atom. The molecular formula is C19H16BrCl3N4O2S. The van der Waals surface area contributed by atoms with Gasteiger partial charge in [0.25, 0.3) is 0 Å². The number of halogens is 4. The fraction of sp³-hybridized carbons (Fsp3) is 0.211. The summed E-state index contributed by atoms with van der Waals surface area (Å²) >= 11 is 22.9. The Kier molecular flexibility index (Phi) is 8.30. The molecule has 30 heavy (non-hydrogen) atoms. The van der Waals surface area contributed by atoms with Gasteiger partial charge in [0.1, 0.15) is 12.4 Å². The first-order valence-corrected chi connectivity index (χ1v) is 11.7. The maximum absolute atomic E-state index is 12.3. The number of ether oxygens (including phenoxy) is 1. The highest BCUT2D eigenvalue weighted by atomic mass is 79.9. The number of hydrogen-bond acceptors (Lipinski definition) is 5. The van der Waals surface area contributed by atoms with E-state index in [-0.39, 0.29) is 18.3 Å². The zero-order valence-corrected chi connectivity index (χ0v) is 20.3. The lowest BCUT2D eigenvalue weighted by Crippen LogP contribution is -2.15. The number of thioether (sulfide) groups is 1. The van der Waals surface area contributed by atoms with Gasteiger partial charge in [-0.3, -0.25) is 4.79 Å². The number of hydrogen-bond donors (Lipinski definition) is 1. The molecule has 158 valence electrons. The Balaban J connectivity index is 1.61. The predicted molar refractivity (Wildman–Crippen MR) is 125 cm³/mol. The van der Waals surface area contributed by atoms with Gasteiger partial charge in [0.2, 0.25) is 5.91 Å². The van der Waals surface area contributed by atoms with Crippen LogP contribution in [-0.2, 0) is 17.9 Å². The number of nitrogens with zero attached hydrogens (tertiary/aromatic N) is 3. The highest BCUT2D eigenvalue weighted by molar-refractivity contribution is 9.10. The highest BCUT2D eigenvalue weighted by Gasteiger charge is 2.15. The van der Waals surface area contributed by atoms with E-state index in [1.807, 2.05) is 11.5 Å². The van der Waals surface area contributed by atoms with Crippen LogP contribution < -0.4 is 10.1 Å². The molecule has 0 aliphatic carbocycles. The number of aromatic nitrogens is 3. The average Bonchev–Trinajstić information content (AvgIpc) is 3.11. The molecule has 1 amide bonds. The summed E-state index contributed by atoms with van der Waals surface area (Å²) in [6.07, 6.45) is 0. The van der Waals surface area contributed by atoms with Gasteiger partial charge >= 0.3 is 0 Å². The number of anilines is 1. The molecule has 0 spiro atoms. The molecule has 1 heterocycles. The van der Waals surface area contributed by atoms with Crippen molar-refractivity contribution in [3.05, 3.63) is 61.8 Å². The van der Waals surface area contributed by atoms with Crippen molar-refractivity contribution in [1.82, 2.24) is 14.8 Å². The van der Waals surface area contributed by atoms with Crippen molar-refractivity contribution < 1.29 is 9.53 Å². The third kappa shape index (κ3) is 6.04. The summed E-state index contributed by atoms with van der Waals surface area (Å²) in [6, 6.07) is 10.3. The van der Waals surface area contributed by atoms with Crippen molar-refractivity contribution in [2.24, 2.45) is 0 Å². The summed E-state index contributed by atoms with van der Waals surface area (Å²) in [7, 11) is 0. The first-order chi connectivity index (χ1) is 14.4. The van der Waals surface area contributed by atoms with E-state index in [4.69, 9.17) is 39.5 Å². The zero-order chi connectivity index (χ0) is 21.7. The lowest BCUT2D eigenvalue weighted by molar-refractivity contribution is -0.113. The maximum atomic E-state index is 12.3. The summed E-state index contributed by atoms with van der Waals surface area (Å²) in [5, 5.41) is 13.2. The largest absolute Gasteiger partial charge is 0.484 e. The SMILES string of the molecule is CCn1c(COc2cc(Cl)ccc2Cl)nnc1SCC(=O)Nc1ccc(Br)cc1Cl. The second-order valence-electron chi connectivity index (χ2n) is 5.97. The fourth-order valence-corrected chi connectivity index (χ4v) is 4.36. The molecular weight excluding hydrogens is 535 g/mol. The molecule has 1 aromatic heterocycles. The molecule has 0 unspecified atom stereocenters. The third-order valence-corrected chi connectivity index (χ3v) is 6.22. The molecule has 3 aromatic rings. The lowest BCUT2D eigenvalue weighted by atomic mass is 10.3. The van der Waals surface area contributed by atoms with Crippen molar-refractivity contribution in [3.63, 3.8) is 0 Å². The van der Waals surface area contributed by atoms with E-state index in [1.165, 1.54) is 11.8 Å². The van der Waals surface area contributed by atoms with Crippen molar-refractivity contribution in [1.29, 1.82) is 0 Å². The van der Waals surface area contributed by atoms with Gasteiger partial charge in [-0.25, -0.2) is 0 Å². The molecule has 0 aliphatic heterocycles. The monoisotopic (exact) mass is 548 g/mol. The molecule has 1 N–H and O–H groups in total. The molecule has 0 saturated heterocycles. The van der Waals surface area contributed by atoms with E-state index < -0.39 is 0 Å². The molecule has 2 aromatic carbocycles. The van der Waals surface area contributed by atoms with Gasteiger partial charge in [0, 0.05) is 22.1 Å². The number of nitrogens with one attached hydrogen (secondary N) is 1. The van der Waals surface area contributed by atoms with E-state index in [1.54, 1.807) is 36.4 Å². The lowest BCUT2D eigenvalue weighted by Gasteiger charge is -2.10. The van der Waals surface area contributed by atoms with Crippen LogP contribution in [0.3, 0.4) is 0 Å². The van der Waals surface area contributed by atoms with Gasteiger partial charge in [-0.1, -0.05) is 62.5 Å². The molecule has 0 aliphatic rings. The first kappa shape index (κ1) is 23.2. The van der Waals surface area contributed by atoms with Gasteiger partial charge in [-0.2, -0.15) is 0 Å². The van der Waals surface area contributed by atoms with Crippen LogP contribution in [0.4, 0.5) is 5.69 Å².